The molecule has 6 nitrogen and oxygen atoms in total. The Balaban J connectivity index is 2.36. The Labute approximate surface area is 102 Å². The summed E-state index contributed by atoms with van der Waals surface area (Å²) in [5, 5.41) is 5.76. The highest BCUT2D eigenvalue weighted by molar-refractivity contribution is 6.35. The number of rotatable bonds is 3. The lowest BCUT2D eigenvalue weighted by Crippen LogP contribution is -2.46. The summed E-state index contributed by atoms with van der Waals surface area (Å²) < 4.78 is 5.00. The molecule has 1 rings (SSSR count). The lowest BCUT2D eigenvalue weighted by atomic mass is 10.3. The van der Waals surface area contributed by atoms with Gasteiger partial charge in [0.05, 0.1) is 6.10 Å². The molecule has 0 bridgehead atoms. The number of hydrogen-bond donors (Lipinski definition) is 2. The number of carbonyl (C=O) groups is 2. The molecule has 1 unspecified atom stereocenters. The van der Waals surface area contributed by atoms with E-state index in [9.17, 15) is 9.59 Å². The van der Waals surface area contributed by atoms with Gasteiger partial charge in [-0.25, -0.2) is 0 Å². The molecule has 1 aliphatic rings. The fraction of sp³-hybridized carbons (Fsp3) is 0.818. The molecular formula is C11H21N3O3. The molecule has 0 aromatic rings. The second-order valence-corrected chi connectivity index (χ2v) is 4.15. The molecule has 0 saturated carbocycles. The summed E-state index contributed by atoms with van der Waals surface area (Å²) in [7, 11) is 1.57. The van der Waals surface area contributed by atoms with E-state index in [4.69, 9.17) is 4.74 Å². The third kappa shape index (κ3) is 4.70. The highest BCUT2D eigenvalue weighted by Gasteiger charge is 2.22. The lowest BCUT2D eigenvalue weighted by molar-refractivity contribution is -0.145. The third-order valence-corrected chi connectivity index (χ3v) is 2.77. The van der Waals surface area contributed by atoms with E-state index in [0.29, 0.717) is 19.6 Å². The van der Waals surface area contributed by atoms with Crippen molar-refractivity contribution in [2.75, 3.05) is 39.8 Å². The fourth-order valence-corrected chi connectivity index (χ4v) is 1.59. The second kappa shape index (κ2) is 7.24. The summed E-state index contributed by atoms with van der Waals surface area (Å²) in [6, 6.07) is 0. The van der Waals surface area contributed by atoms with E-state index in [0.717, 1.165) is 19.5 Å². The van der Waals surface area contributed by atoms with Gasteiger partial charge in [-0.1, -0.05) is 0 Å². The summed E-state index contributed by atoms with van der Waals surface area (Å²) in [5.41, 5.74) is 0. The molecule has 2 N–H and O–H groups in total. The average molecular weight is 243 g/mol. The summed E-state index contributed by atoms with van der Waals surface area (Å²) in [5.74, 6) is -0.993. The maximum Gasteiger partial charge on any atom is 0.311 e. The van der Waals surface area contributed by atoms with Gasteiger partial charge >= 0.3 is 11.8 Å². The van der Waals surface area contributed by atoms with Crippen LogP contribution in [0.25, 0.3) is 0 Å². The molecular weight excluding hydrogens is 222 g/mol. The number of nitrogens with one attached hydrogen (secondary N) is 2. The Morgan fingerprint density at radius 3 is 2.88 bits per heavy atom. The van der Waals surface area contributed by atoms with Crippen LogP contribution >= 0.6 is 0 Å². The zero-order chi connectivity index (χ0) is 12.7. The Morgan fingerprint density at radius 2 is 2.18 bits per heavy atom. The van der Waals surface area contributed by atoms with Gasteiger partial charge in [-0.3, -0.25) is 9.59 Å². The largest absolute Gasteiger partial charge is 0.380 e. The standard InChI is InChI=1S/C11H21N3O3/c1-9(17-2)8-13-10(15)11(16)14-6-3-4-12-5-7-14/h9,12H,3-8H2,1-2H3,(H,13,15). The maximum atomic E-state index is 11.8. The van der Waals surface area contributed by atoms with E-state index in [1.54, 1.807) is 12.0 Å². The van der Waals surface area contributed by atoms with Crippen LogP contribution in [-0.2, 0) is 14.3 Å². The van der Waals surface area contributed by atoms with Crippen LogP contribution in [-0.4, -0.2) is 62.7 Å². The van der Waals surface area contributed by atoms with E-state index >= 15 is 0 Å². The Hall–Kier alpha value is -1.14. The molecule has 1 atom stereocenters. The molecule has 2 amide bonds. The molecule has 1 fully saturated rings. The first kappa shape index (κ1) is 13.9. The highest BCUT2D eigenvalue weighted by atomic mass is 16.5. The van der Waals surface area contributed by atoms with Crippen LogP contribution in [0.5, 0.6) is 0 Å². The van der Waals surface area contributed by atoms with Crippen molar-refractivity contribution in [3.63, 3.8) is 0 Å². The van der Waals surface area contributed by atoms with Gasteiger partial charge in [0.2, 0.25) is 0 Å². The number of amides is 2. The Bertz CT molecular complexity index is 263. The molecule has 0 spiro atoms. The smallest absolute Gasteiger partial charge is 0.311 e. The van der Waals surface area contributed by atoms with E-state index in [1.807, 2.05) is 6.92 Å². The molecule has 98 valence electrons. The normalized spacial score (nSPS) is 18.4. The van der Waals surface area contributed by atoms with Gasteiger partial charge in [-0.15, -0.1) is 0 Å². The molecule has 1 aliphatic heterocycles. The van der Waals surface area contributed by atoms with Crippen LogP contribution in [0.4, 0.5) is 0 Å². The molecule has 0 aliphatic carbocycles. The van der Waals surface area contributed by atoms with Crippen LogP contribution in [0, 0.1) is 0 Å². The highest BCUT2D eigenvalue weighted by Crippen LogP contribution is 1.96. The molecule has 1 saturated heterocycles. The third-order valence-electron chi connectivity index (χ3n) is 2.77. The molecule has 17 heavy (non-hydrogen) atoms. The summed E-state index contributed by atoms with van der Waals surface area (Å²) in [6.07, 6.45) is 0.797. The Kier molecular flexibility index (Phi) is 5.93. The average Bonchev–Trinajstić information content (AvgIpc) is 2.63. The van der Waals surface area contributed by atoms with Crippen molar-refractivity contribution >= 4 is 11.8 Å². The number of hydrogen-bond acceptors (Lipinski definition) is 4. The van der Waals surface area contributed by atoms with Gasteiger partial charge in [-0.2, -0.15) is 0 Å². The first-order chi connectivity index (χ1) is 8.15. The minimum Gasteiger partial charge on any atom is -0.380 e. The van der Waals surface area contributed by atoms with Crippen molar-refractivity contribution in [2.24, 2.45) is 0 Å². The van der Waals surface area contributed by atoms with Crippen molar-refractivity contribution in [3.8, 4) is 0 Å². The van der Waals surface area contributed by atoms with Crippen LogP contribution in [0.15, 0.2) is 0 Å². The van der Waals surface area contributed by atoms with E-state index in [1.165, 1.54) is 0 Å². The summed E-state index contributed by atoms with van der Waals surface area (Å²) >= 11 is 0. The van der Waals surface area contributed by atoms with Gasteiger partial charge < -0.3 is 20.3 Å². The van der Waals surface area contributed by atoms with Crippen molar-refractivity contribution < 1.29 is 14.3 Å². The topological polar surface area (TPSA) is 70.7 Å². The Morgan fingerprint density at radius 1 is 1.41 bits per heavy atom. The van der Waals surface area contributed by atoms with Crippen molar-refractivity contribution in [2.45, 2.75) is 19.4 Å². The van der Waals surface area contributed by atoms with Crippen LogP contribution in [0.2, 0.25) is 0 Å². The minimum atomic E-state index is -0.546. The zero-order valence-corrected chi connectivity index (χ0v) is 10.5. The number of ether oxygens (including phenoxy) is 1. The van der Waals surface area contributed by atoms with Gasteiger partial charge in [0.15, 0.2) is 0 Å². The predicted octanol–water partition coefficient (Wildman–Crippen LogP) is -1.04. The van der Waals surface area contributed by atoms with Crippen LogP contribution in [0.3, 0.4) is 0 Å². The van der Waals surface area contributed by atoms with Crippen LogP contribution in [0.1, 0.15) is 13.3 Å². The zero-order valence-electron chi connectivity index (χ0n) is 10.5. The minimum absolute atomic E-state index is 0.0856. The predicted molar refractivity (Wildman–Crippen MR) is 63.5 cm³/mol. The van der Waals surface area contributed by atoms with Crippen molar-refractivity contribution in [1.29, 1.82) is 0 Å². The quantitative estimate of drug-likeness (QED) is 0.621. The van der Waals surface area contributed by atoms with Gasteiger partial charge in [0.25, 0.3) is 0 Å². The number of carbonyl (C=O) groups excluding carboxylic acids is 2. The second-order valence-electron chi connectivity index (χ2n) is 4.15. The summed E-state index contributed by atoms with van der Waals surface area (Å²) in [6.45, 7) is 5.05. The first-order valence-electron chi connectivity index (χ1n) is 5.95. The van der Waals surface area contributed by atoms with Crippen LogP contribution < -0.4 is 10.6 Å². The summed E-state index contributed by atoms with van der Waals surface area (Å²) in [4.78, 5) is 25.0. The fourth-order valence-electron chi connectivity index (χ4n) is 1.59. The molecule has 0 aromatic heterocycles. The van der Waals surface area contributed by atoms with Crippen molar-refractivity contribution in [1.82, 2.24) is 15.5 Å². The number of methoxy groups -OCH3 is 1. The van der Waals surface area contributed by atoms with E-state index in [-0.39, 0.29) is 6.10 Å². The SMILES string of the molecule is COC(C)CNC(=O)C(=O)N1CCCNCC1. The monoisotopic (exact) mass is 243 g/mol. The lowest BCUT2D eigenvalue weighted by Gasteiger charge is -2.19. The van der Waals surface area contributed by atoms with E-state index < -0.39 is 11.8 Å². The van der Waals surface area contributed by atoms with Gasteiger partial charge in [0.1, 0.15) is 0 Å². The first-order valence-corrected chi connectivity index (χ1v) is 5.95. The van der Waals surface area contributed by atoms with Gasteiger partial charge in [-0.05, 0) is 19.9 Å². The molecule has 1 heterocycles. The maximum absolute atomic E-state index is 11.8. The van der Waals surface area contributed by atoms with E-state index in [2.05, 4.69) is 10.6 Å². The van der Waals surface area contributed by atoms with Gasteiger partial charge in [0, 0.05) is 33.3 Å². The number of nitrogens with zero attached hydrogens (tertiary/aromatic N) is 1. The van der Waals surface area contributed by atoms with Crippen molar-refractivity contribution in [3.05, 3.63) is 0 Å². The molecule has 0 aromatic carbocycles. The molecule has 0 radical (unpaired) electrons. The molecule has 6 heteroatoms.